The van der Waals surface area contributed by atoms with Crippen LogP contribution in [0.5, 0.6) is 0 Å². The van der Waals surface area contributed by atoms with E-state index in [2.05, 4.69) is 25.7 Å². The second-order valence-corrected chi connectivity index (χ2v) is 5.28. The first-order valence-electron chi connectivity index (χ1n) is 6.56. The first kappa shape index (κ1) is 13.9. The van der Waals surface area contributed by atoms with E-state index in [-0.39, 0.29) is 11.6 Å². The maximum absolute atomic E-state index is 5.96. The van der Waals surface area contributed by atoms with Gasteiger partial charge in [0.15, 0.2) is 0 Å². The summed E-state index contributed by atoms with van der Waals surface area (Å²) in [6.45, 7) is 9.64. The van der Waals surface area contributed by atoms with E-state index in [1.54, 1.807) is 7.11 Å². The number of nitrogens with two attached hydrogens (primary N) is 1. The van der Waals surface area contributed by atoms with Crippen LogP contribution in [-0.4, -0.2) is 43.3 Å². The first-order chi connectivity index (χ1) is 7.58. The monoisotopic (exact) mass is 228 g/mol. The van der Waals surface area contributed by atoms with E-state index < -0.39 is 0 Å². The highest BCUT2D eigenvalue weighted by molar-refractivity contribution is 4.94. The van der Waals surface area contributed by atoms with Crippen molar-refractivity contribution in [2.24, 2.45) is 11.7 Å². The van der Waals surface area contributed by atoms with Gasteiger partial charge in [0.1, 0.15) is 0 Å². The van der Waals surface area contributed by atoms with Crippen molar-refractivity contribution in [1.29, 1.82) is 0 Å². The van der Waals surface area contributed by atoms with E-state index in [0.717, 1.165) is 5.92 Å². The van der Waals surface area contributed by atoms with Gasteiger partial charge in [0.2, 0.25) is 0 Å². The SMILES string of the molecule is CCC1CCN(C(C)(CN)C(C)OC)CC1. The quantitative estimate of drug-likeness (QED) is 0.780. The lowest BCUT2D eigenvalue weighted by Gasteiger charge is -2.47. The van der Waals surface area contributed by atoms with Crippen molar-refractivity contribution >= 4 is 0 Å². The zero-order valence-electron chi connectivity index (χ0n) is 11.3. The molecule has 0 bridgehead atoms. The fourth-order valence-corrected chi connectivity index (χ4v) is 2.66. The molecule has 2 atom stereocenters. The Morgan fingerprint density at radius 2 is 2.00 bits per heavy atom. The van der Waals surface area contributed by atoms with Crippen LogP contribution in [0.25, 0.3) is 0 Å². The molecular formula is C13H28N2O. The Bertz CT molecular complexity index is 202. The predicted octanol–water partition coefficient (Wildman–Crippen LogP) is 1.86. The fraction of sp³-hybridized carbons (Fsp3) is 1.00. The van der Waals surface area contributed by atoms with Gasteiger partial charge in [-0.25, -0.2) is 0 Å². The molecule has 0 spiro atoms. The Kier molecular flexibility index (Phi) is 5.22. The largest absolute Gasteiger partial charge is 0.380 e. The van der Waals surface area contributed by atoms with Gasteiger partial charge in [0, 0.05) is 13.7 Å². The van der Waals surface area contributed by atoms with Crippen LogP contribution in [0.15, 0.2) is 0 Å². The van der Waals surface area contributed by atoms with Crippen LogP contribution < -0.4 is 5.73 Å². The molecule has 2 N–H and O–H groups in total. The van der Waals surface area contributed by atoms with E-state index in [1.807, 2.05) is 0 Å². The average molecular weight is 228 g/mol. The second-order valence-electron chi connectivity index (χ2n) is 5.28. The maximum atomic E-state index is 5.96. The zero-order valence-corrected chi connectivity index (χ0v) is 11.3. The minimum Gasteiger partial charge on any atom is -0.380 e. The number of hydrogen-bond donors (Lipinski definition) is 1. The molecule has 0 aliphatic carbocycles. The summed E-state index contributed by atoms with van der Waals surface area (Å²) in [5.74, 6) is 0.913. The van der Waals surface area contributed by atoms with Gasteiger partial charge in [-0.05, 0) is 45.7 Å². The smallest absolute Gasteiger partial charge is 0.0736 e. The normalized spacial score (nSPS) is 25.3. The molecule has 1 aliphatic rings. The molecule has 0 aromatic rings. The summed E-state index contributed by atoms with van der Waals surface area (Å²) < 4.78 is 5.49. The molecule has 3 heteroatoms. The number of methoxy groups -OCH3 is 1. The van der Waals surface area contributed by atoms with Gasteiger partial charge in [-0.15, -0.1) is 0 Å². The summed E-state index contributed by atoms with van der Waals surface area (Å²) in [5.41, 5.74) is 5.95. The van der Waals surface area contributed by atoms with Crippen LogP contribution in [0.1, 0.15) is 40.0 Å². The molecule has 0 aromatic carbocycles. The van der Waals surface area contributed by atoms with Gasteiger partial charge >= 0.3 is 0 Å². The number of nitrogens with zero attached hydrogens (tertiary/aromatic N) is 1. The lowest BCUT2D eigenvalue weighted by Crippen LogP contribution is -2.60. The highest BCUT2D eigenvalue weighted by atomic mass is 16.5. The molecular weight excluding hydrogens is 200 g/mol. The number of ether oxygens (including phenoxy) is 1. The summed E-state index contributed by atoms with van der Waals surface area (Å²) in [7, 11) is 1.78. The molecule has 1 heterocycles. The molecule has 16 heavy (non-hydrogen) atoms. The average Bonchev–Trinajstić information content (AvgIpc) is 2.36. The molecule has 0 saturated carbocycles. The first-order valence-corrected chi connectivity index (χ1v) is 6.56. The second kappa shape index (κ2) is 5.99. The van der Waals surface area contributed by atoms with Gasteiger partial charge in [-0.3, -0.25) is 4.90 Å². The van der Waals surface area contributed by atoms with Crippen LogP contribution in [0.2, 0.25) is 0 Å². The van der Waals surface area contributed by atoms with E-state index in [4.69, 9.17) is 10.5 Å². The van der Waals surface area contributed by atoms with Crippen molar-refractivity contribution in [1.82, 2.24) is 4.90 Å². The van der Waals surface area contributed by atoms with Crippen molar-refractivity contribution in [3.63, 3.8) is 0 Å². The molecule has 0 aromatic heterocycles. The van der Waals surface area contributed by atoms with Crippen molar-refractivity contribution in [2.75, 3.05) is 26.7 Å². The van der Waals surface area contributed by atoms with E-state index in [0.29, 0.717) is 6.54 Å². The maximum Gasteiger partial charge on any atom is 0.0736 e. The van der Waals surface area contributed by atoms with Gasteiger partial charge in [0.25, 0.3) is 0 Å². The van der Waals surface area contributed by atoms with Crippen LogP contribution >= 0.6 is 0 Å². The molecule has 1 saturated heterocycles. The van der Waals surface area contributed by atoms with Crippen LogP contribution in [0.3, 0.4) is 0 Å². The molecule has 1 fully saturated rings. The minimum atomic E-state index is -0.00649. The minimum absolute atomic E-state index is 0.00649. The Balaban J connectivity index is 2.61. The Labute approximate surface area is 100 Å². The van der Waals surface area contributed by atoms with E-state index in [1.165, 1.54) is 32.4 Å². The van der Waals surface area contributed by atoms with Crippen molar-refractivity contribution in [2.45, 2.75) is 51.7 Å². The number of hydrogen-bond acceptors (Lipinski definition) is 3. The standard InChI is InChI=1S/C13H28N2O/c1-5-12-6-8-15(9-7-12)13(3,10-14)11(2)16-4/h11-12H,5-10,14H2,1-4H3. The third-order valence-corrected chi connectivity index (χ3v) is 4.56. The Hall–Kier alpha value is -0.120. The van der Waals surface area contributed by atoms with Crippen LogP contribution in [0.4, 0.5) is 0 Å². The Morgan fingerprint density at radius 3 is 2.38 bits per heavy atom. The molecule has 1 aliphatic heterocycles. The van der Waals surface area contributed by atoms with E-state index in [9.17, 15) is 0 Å². The summed E-state index contributed by atoms with van der Waals surface area (Å²) >= 11 is 0. The molecule has 0 amide bonds. The number of likely N-dealkylation sites (tertiary alicyclic amines) is 1. The summed E-state index contributed by atoms with van der Waals surface area (Å²) in [6.07, 6.45) is 4.12. The molecule has 3 nitrogen and oxygen atoms in total. The van der Waals surface area contributed by atoms with Crippen LogP contribution in [0, 0.1) is 5.92 Å². The van der Waals surface area contributed by atoms with Crippen molar-refractivity contribution in [3.8, 4) is 0 Å². The lowest BCUT2D eigenvalue weighted by molar-refractivity contribution is -0.0444. The molecule has 1 rings (SSSR count). The van der Waals surface area contributed by atoms with Gasteiger partial charge in [-0.2, -0.15) is 0 Å². The predicted molar refractivity (Wildman–Crippen MR) is 68.5 cm³/mol. The lowest BCUT2D eigenvalue weighted by atomic mass is 9.87. The van der Waals surface area contributed by atoms with Crippen LogP contribution in [-0.2, 0) is 4.74 Å². The number of piperidine rings is 1. The third kappa shape index (κ3) is 2.76. The Morgan fingerprint density at radius 1 is 1.44 bits per heavy atom. The van der Waals surface area contributed by atoms with E-state index >= 15 is 0 Å². The summed E-state index contributed by atoms with van der Waals surface area (Å²) in [4.78, 5) is 2.52. The highest BCUT2D eigenvalue weighted by Crippen LogP contribution is 2.28. The van der Waals surface area contributed by atoms with Gasteiger partial charge < -0.3 is 10.5 Å². The zero-order chi connectivity index (χ0) is 12.2. The topological polar surface area (TPSA) is 38.5 Å². The highest BCUT2D eigenvalue weighted by Gasteiger charge is 2.37. The van der Waals surface area contributed by atoms with Crippen molar-refractivity contribution < 1.29 is 4.74 Å². The third-order valence-electron chi connectivity index (χ3n) is 4.56. The van der Waals surface area contributed by atoms with Gasteiger partial charge in [-0.1, -0.05) is 13.3 Å². The molecule has 2 unspecified atom stereocenters. The summed E-state index contributed by atoms with van der Waals surface area (Å²) in [6, 6.07) is 0. The molecule has 0 radical (unpaired) electrons. The summed E-state index contributed by atoms with van der Waals surface area (Å²) in [5, 5.41) is 0. The van der Waals surface area contributed by atoms with Crippen molar-refractivity contribution in [3.05, 3.63) is 0 Å². The fourth-order valence-electron chi connectivity index (χ4n) is 2.66. The van der Waals surface area contributed by atoms with Gasteiger partial charge in [0.05, 0.1) is 11.6 Å². The number of rotatable bonds is 5. The molecule has 96 valence electrons.